The van der Waals surface area contributed by atoms with Crippen LogP contribution >= 0.6 is 23.2 Å². The van der Waals surface area contributed by atoms with Crippen molar-refractivity contribution in [3.05, 3.63) is 28.2 Å². The van der Waals surface area contributed by atoms with Crippen LogP contribution in [0.25, 0.3) is 0 Å². The first-order chi connectivity index (χ1) is 13.3. The zero-order valence-corrected chi connectivity index (χ0v) is 18.4. The number of hydrogen-bond acceptors (Lipinski definition) is 4. The quantitative estimate of drug-likeness (QED) is 0.752. The van der Waals surface area contributed by atoms with Crippen molar-refractivity contribution in [2.24, 2.45) is 0 Å². The number of amides is 1. The Morgan fingerprint density at radius 3 is 2.32 bits per heavy atom. The summed E-state index contributed by atoms with van der Waals surface area (Å²) < 4.78 is 27.1. The second kappa shape index (κ2) is 9.30. The van der Waals surface area contributed by atoms with E-state index in [0.29, 0.717) is 31.2 Å². The number of sulfonamides is 1. The summed E-state index contributed by atoms with van der Waals surface area (Å²) in [6, 6.07) is 4.35. The highest BCUT2D eigenvalue weighted by atomic mass is 35.5. The van der Waals surface area contributed by atoms with Crippen LogP contribution < -0.4 is 5.32 Å². The number of carbonyl (C=O) groups is 1. The molecule has 9 heteroatoms. The molecule has 1 heterocycles. The predicted molar refractivity (Wildman–Crippen MR) is 111 cm³/mol. The Bertz CT molecular complexity index is 805. The highest BCUT2D eigenvalue weighted by Crippen LogP contribution is 2.27. The highest BCUT2D eigenvalue weighted by Gasteiger charge is 2.32. The monoisotopic (exact) mass is 447 g/mol. The van der Waals surface area contributed by atoms with Gasteiger partial charge in [-0.2, -0.15) is 4.31 Å². The summed E-state index contributed by atoms with van der Waals surface area (Å²) in [6.45, 7) is 3.59. The first-order valence-corrected chi connectivity index (χ1v) is 12.0. The molecule has 1 aliphatic heterocycles. The average molecular weight is 448 g/mol. The Kier molecular flexibility index (Phi) is 7.26. The summed E-state index contributed by atoms with van der Waals surface area (Å²) in [5, 5.41) is 3.69. The summed E-state index contributed by atoms with van der Waals surface area (Å²) in [7, 11) is -3.63. The number of hydrogen-bond donors (Lipinski definition) is 1. The third-order valence-electron chi connectivity index (χ3n) is 5.68. The van der Waals surface area contributed by atoms with Crippen molar-refractivity contribution in [2.45, 2.75) is 56.0 Å². The number of benzene rings is 1. The molecule has 1 atom stereocenters. The summed E-state index contributed by atoms with van der Waals surface area (Å²) in [5.41, 5.74) is 0. The molecule has 0 spiro atoms. The molecule has 1 N–H and O–H groups in total. The summed E-state index contributed by atoms with van der Waals surface area (Å²) >= 11 is 11.9. The van der Waals surface area contributed by atoms with Crippen LogP contribution in [0.1, 0.15) is 39.0 Å². The SMILES string of the molecule is CC(C(=O)NC1CCCCC1)N1CCN(S(=O)(=O)c2ccc(Cl)c(Cl)c2)CC1. The second-order valence-electron chi connectivity index (χ2n) is 7.54. The summed E-state index contributed by atoms with van der Waals surface area (Å²) in [6.07, 6.45) is 5.69. The lowest BCUT2D eigenvalue weighted by Gasteiger charge is -2.37. The number of piperazine rings is 1. The van der Waals surface area contributed by atoms with Gasteiger partial charge in [-0.1, -0.05) is 42.5 Å². The molecule has 1 aliphatic carbocycles. The Hall–Kier alpha value is -0.860. The van der Waals surface area contributed by atoms with Gasteiger partial charge in [0.05, 0.1) is 21.0 Å². The molecule has 0 aromatic heterocycles. The highest BCUT2D eigenvalue weighted by molar-refractivity contribution is 7.89. The van der Waals surface area contributed by atoms with Gasteiger partial charge in [0.1, 0.15) is 0 Å². The molecule has 1 unspecified atom stereocenters. The maximum atomic E-state index is 12.9. The molecule has 2 fully saturated rings. The van der Waals surface area contributed by atoms with Crippen LogP contribution in [-0.2, 0) is 14.8 Å². The van der Waals surface area contributed by atoms with Gasteiger partial charge in [-0.15, -0.1) is 0 Å². The van der Waals surface area contributed by atoms with Crippen LogP contribution in [0.15, 0.2) is 23.1 Å². The van der Waals surface area contributed by atoms with E-state index in [1.807, 2.05) is 11.8 Å². The number of rotatable bonds is 5. The van der Waals surface area contributed by atoms with Crippen molar-refractivity contribution in [1.82, 2.24) is 14.5 Å². The molecule has 0 bridgehead atoms. The fourth-order valence-electron chi connectivity index (χ4n) is 3.85. The third kappa shape index (κ3) is 5.00. The van der Waals surface area contributed by atoms with E-state index >= 15 is 0 Å². The van der Waals surface area contributed by atoms with E-state index in [-0.39, 0.29) is 27.9 Å². The van der Waals surface area contributed by atoms with E-state index < -0.39 is 10.0 Å². The number of nitrogens with zero attached hydrogens (tertiary/aromatic N) is 2. The second-order valence-corrected chi connectivity index (χ2v) is 10.3. The number of carbonyl (C=O) groups excluding carboxylic acids is 1. The minimum atomic E-state index is -3.63. The lowest BCUT2D eigenvalue weighted by atomic mass is 9.95. The van der Waals surface area contributed by atoms with E-state index in [4.69, 9.17) is 23.2 Å². The molecule has 2 aliphatic rings. The van der Waals surface area contributed by atoms with Crippen LogP contribution in [0.3, 0.4) is 0 Å². The minimum absolute atomic E-state index is 0.0349. The van der Waals surface area contributed by atoms with Crippen molar-refractivity contribution < 1.29 is 13.2 Å². The molecular weight excluding hydrogens is 421 g/mol. The number of halogens is 2. The Morgan fingerprint density at radius 2 is 1.71 bits per heavy atom. The van der Waals surface area contributed by atoms with Crippen LogP contribution in [0.2, 0.25) is 10.0 Å². The predicted octanol–water partition coefficient (Wildman–Crippen LogP) is 3.14. The van der Waals surface area contributed by atoms with Crippen molar-refractivity contribution in [3.8, 4) is 0 Å². The maximum absolute atomic E-state index is 12.9. The molecular formula is C19H27Cl2N3O3S. The molecule has 1 aromatic rings. The van der Waals surface area contributed by atoms with Gasteiger partial charge in [-0.05, 0) is 38.0 Å². The normalized spacial score (nSPS) is 21.4. The Balaban J connectivity index is 1.57. The van der Waals surface area contributed by atoms with Crippen molar-refractivity contribution in [1.29, 1.82) is 0 Å². The van der Waals surface area contributed by atoms with Crippen molar-refractivity contribution in [2.75, 3.05) is 26.2 Å². The van der Waals surface area contributed by atoms with E-state index in [1.165, 1.54) is 41.8 Å². The fraction of sp³-hybridized carbons (Fsp3) is 0.632. The van der Waals surface area contributed by atoms with Gasteiger partial charge in [0.15, 0.2) is 0 Å². The van der Waals surface area contributed by atoms with Crippen LogP contribution in [-0.4, -0.2) is 61.8 Å². The number of nitrogens with one attached hydrogen (secondary N) is 1. The largest absolute Gasteiger partial charge is 0.352 e. The Morgan fingerprint density at radius 1 is 1.07 bits per heavy atom. The third-order valence-corrected chi connectivity index (χ3v) is 8.31. The molecule has 6 nitrogen and oxygen atoms in total. The minimum Gasteiger partial charge on any atom is -0.352 e. The van der Waals surface area contributed by atoms with E-state index in [0.717, 1.165) is 12.8 Å². The van der Waals surface area contributed by atoms with Gasteiger partial charge in [0, 0.05) is 32.2 Å². The van der Waals surface area contributed by atoms with Gasteiger partial charge < -0.3 is 5.32 Å². The van der Waals surface area contributed by atoms with E-state index in [1.54, 1.807) is 0 Å². The maximum Gasteiger partial charge on any atom is 0.243 e. The van der Waals surface area contributed by atoms with Crippen LogP contribution in [0.5, 0.6) is 0 Å². The zero-order valence-electron chi connectivity index (χ0n) is 16.0. The lowest BCUT2D eigenvalue weighted by Crippen LogP contribution is -2.55. The van der Waals surface area contributed by atoms with Crippen molar-refractivity contribution in [3.63, 3.8) is 0 Å². The van der Waals surface area contributed by atoms with Gasteiger partial charge in [-0.3, -0.25) is 9.69 Å². The lowest BCUT2D eigenvalue weighted by molar-refractivity contribution is -0.127. The molecule has 1 saturated carbocycles. The smallest absolute Gasteiger partial charge is 0.243 e. The zero-order chi connectivity index (χ0) is 20.3. The van der Waals surface area contributed by atoms with Crippen LogP contribution in [0.4, 0.5) is 0 Å². The molecule has 1 aromatic carbocycles. The van der Waals surface area contributed by atoms with Crippen LogP contribution in [0, 0.1) is 0 Å². The van der Waals surface area contributed by atoms with Gasteiger partial charge >= 0.3 is 0 Å². The first-order valence-electron chi connectivity index (χ1n) is 9.78. The average Bonchev–Trinajstić information content (AvgIpc) is 2.70. The topological polar surface area (TPSA) is 69.7 Å². The summed E-state index contributed by atoms with van der Waals surface area (Å²) in [5.74, 6) is 0.0349. The molecule has 3 rings (SSSR count). The molecule has 28 heavy (non-hydrogen) atoms. The van der Waals surface area contributed by atoms with E-state index in [9.17, 15) is 13.2 Å². The fourth-order valence-corrected chi connectivity index (χ4v) is 5.66. The molecule has 1 saturated heterocycles. The Labute approximate surface area is 177 Å². The standard InChI is InChI=1S/C19H27Cl2N3O3S/c1-14(19(25)22-15-5-3-2-4-6-15)23-9-11-24(12-10-23)28(26,27)16-7-8-17(20)18(21)13-16/h7-8,13-15H,2-6,9-12H2,1H3,(H,22,25). The van der Waals surface area contributed by atoms with Gasteiger partial charge in [-0.25, -0.2) is 8.42 Å². The van der Waals surface area contributed by atoms with Gasteiger partial charge in [0.25, 0.3) is 0 Å². The molecule has 1 amide bonds. The molecule has 0 radical (unpaired) electrons. The van der Waals surface area contributed by atoms with Crippen molar-refractivity contribution >= 4 is 39.1 Å². The van der Waals surface area contributed by atoms with Gasteiger partial charge in [0.2, 0.25) is 15.9 Å². The van der Waals surface area contributed by atoms with E-state index in [2.05, 4.69) is 5.32 Å². The first kappa shape index (κ1) is 21.8. The molecule has 156 valence electrons. The summed E-state index contributed by atoms with van der Waals surface area (Å²) in [4.78, 5) is 14.7.